The van der Waals surface area contributed by atoms with Crippen LogP contribution in [0.15, 0.2) is 42.6 Å². The molecule has 0 aliphatic heterocycles. The molecule has 4 aromatic rings. The third-order valence-electron chi connectivity index (χ3n) is 4.00. The van der Waals surface area contributed by atoms with Gasteiger partial charge >= 0.3 is 0 Å². The highest BCUT2D eigenvalue weighted by Gasteiger charge is 2.09. The van der Waals surface area contributed by atoms with E-state index in [1.807, 2.05) is 43.3 Å². The van der Waals surface area contributed by atoms with Crippen molar-refractivity contribution in [2.75, 3.05) is 11.1 Å². The van der Waals surface area contributed by atoms with Crippen molar-refractivity contribution in [3.05, 3.63) is 58.7 Å². The van der Waals surface area contributed by atoms with Gasteiger partial charge in [-0.3, -0.25) is 5.10 Å². The maximum absolute atomic E-state index is 6.27. The molecule has 4 rings (SSSR count). The van der Waals surface area contributed by atoms with Gasteiger partial charge in [0.25, 0.3) is 0 Å². The molecular formula is C18H16ClN7. The van der Waals surface area contributed by atoms with Crippen LogP contribution in [0.1, 0.15) is 11.1 Å². The largest absolute Gasteiger partial charge is 0.368 e. The number of aromatic nitrogens is 5. The van der Waals surface area contributed by atoms with Gasteiger partial charge in [-0.2, -0.15) is 20.1 Å². The minimum absolute atomic E-state index is 0.150. The number of rotatable bonds is 4. The Morgan fingerprint density at radius 2 is 2.00 bits per heavy atom. The van der Waals surface area contributed by atoms with Gasteiger partial charge in [0.1, 0.15) is 0 Å². The van der Waals surface area contributed by atoms with Gasteiger partial charge in [0.15, 0.2) is 5.82 Å². The lowest BCUT2D eigenvalue weighted by atomic mass is 10.1. The van der Waals surface area contributed by atoms with Gasteiger partial charge in [-0.25, -0.2) is 0 Å². The van der Waals surface area contributed by atoms with Crippen LogP contribution < -0.4 is 11.1 Å². The molecule has 0 amide bonds. The monoisotopic (exact) mass is 365 g/mol. The Hall–Kier alpha value is -3.19. The normalized spacial score (nSPS) is 11.0. The molecule has 2 heterocycles. The summed E-state index contributed by atoms with van der Waals surface area (Å²) in [5.41, 5.74) is 9.66. The lowest BCUT2D eigenvalue weighted by Crippen LogP contribution is -2.08. The van der Waals surface area contributed by atoms with E-state index in [-0.39, 0.29) is 5.95 Å². The van der Waals surface area contributed by atoms with E-state index in [9.17, 15) is 0 Å². The third kappa shape index (κ3) is 3.29. The summed E-state index contributed by atoms with van der Waals surface area (Å²) in [4.78, 5) is 12.9. The van der Waals surface area contributed by atoms with E-state index in [0.717, 1.165) is 27.6 Å². The molecule has 4 N–H and O–H groups in total. The second-order valence-electron chi connectivity index (χ2n) is 5.96. The maximum Gasteiger partial charge on any atom is 0.228 e. The number of halogens is 1. The number of nitrogen functional groups attached to an aromatic ring is 1. The number of nitrogens with zero attached hydrogens (tertiary/aromatic N) is 4. The Balaban J connectivity index is 1.61. The molecule has 0 unspecified atom stereocenters. The van der Waals surface area contributed by atoms with Gasteiger partial charge in [0.05, 0.1) is 11.7 Å². The second kappa shape index (κ2) is 6.61. The first-order valence-electron chi connectivity index (χ1n) is 8.02. The minimum Gasteiger partial charge on any atom is -0.368 e. The number of aryl methyl sites for hydroxylation is 1. The molecule has 0 fully saturated rings. The second-order valence-corrected chi connectivity index (χ2v) is 6.37. The van der Waals surface area contributed by atoms with Crippen molar-refractivity contribution in [1.29, 1.82) is 0 Å². The smallest absolute Gasteiger partial charge is 0.228 e. The van der Waals surface area contributed by atoms with Crippen LogP contribution in [0.2, 0.25) is 5.02 Å². The first kappa shape index (κ1) is 16.3. The first-order valence-corrected chi connectivity index (χ1v) is 8.40. The average Bonchev–Trinajstić information content (AvgIpc) is 3.08. The van der Waals surface area contributed by atoms with Crippen molar-refractivity contribution in [3.8, 4) is 11.4 Å². The number of nitrogens with one attached hydrogen (secondary N) is 2. The molecule has 7 nitrogen and oxygen atoms in total. The summed E-state index contributed by atoms with van der Waals surface area (Å²) >= 11 is 6.27. The van der Waals surface area contributed by atoms with Crippen LogP contribution >= 0.6 is 11.6 Å². The number of fused-ring (bicyclic) bond motifs is 1. The number of benzene rings is 2. The summed E-state index contributed by atoms with van der Waals surface area (Å²) in [5, 5.41) is 11.8. The predicted molar refractivity (Wildman–Crippen MR) is 103 cm³/mol. The number of H-pyrrole nitrogens is 1. The van der Waals surface area contributed by atoms with E-state index in [2.05, 4.69) is 30.5 Å². The van der Waals surface area contributed by atoms with Crippen LogP contribution in [0.4, 0.5) is 11.9 Å². The Morgan fingerprint density at radius 1 is 1.12 bits per heavy atom. The fraction of sp³-hybridized carbons (Fsp3) is 0.111. The minimum atomic E-state index is 0.150. The van der Waals surface area contributed by atoms with Crippen molar-refractivity contribution in [1.82, 2.24) is 25.1 Å². The summed E-state index contributed by atoms with van der Waals surface area (Å²) in [7, 11) is 0. The zero-order chi connectivity index (χ0) is 18.1. The molecule has 2 aromatic carbocycles. The molecule has 0 atom stereocenters. The van der Waals surface area contributed by atoms with E-state index >= 15 is 0 Å². The molecular weight excluding hydrogens is 350 g/mol. The Bertz CT molecular complexity index is 1090. The van der Waals surface area contributed by atoms with Gasteiger partial charge in [-0.1, -0.05) is 35.9 Å². The van der Waals surface area contributed by atoms with Crippen LogP contribution in [0.5, 0.6) is 0 Å². The lowest BCUT2D eigenvalue weighted by Gasteiger charge is -2.09. The van der Waals surface area contributed by atoms with Crippen molar-refractivity contribution < 1.29 is 0 Å². The number of hydrogen-bond acceptors (Lipinski definition) is 6. The van der Waals surface area contributed by atoms with Crippen LogP contribution in [0, 0.1) is 6.92 Å². The summed E-state index contributed by atoms with van der Waals surface area (Å²) < 4.78 is 0. The van der Waals surface area contributed by atoms with E-state index in [1.54, 1.807) is 6.20 Å². The number of hydrogen-bond donors (Lipinski definition) is 3. The summed E-state index contributed by atoms with van der Waals surface area (Å²) in [6.07, 6.45) is 1.76. The zero-order valence-electron chi connectivity index (χ0n) is 14.0. The summed E-state index contributed by atoms with van der Waals surface area (Å²) in [6.45, 7) is 2.49. The van der Waals surface area contributed by atoms with Crippen molar-refractivity contribution in [2.45, 2.75) is 13.5 Å². The SMILES string of the molecule is Cc1ccc(CNc2nc(N)nc(-c3ccc4cn[nH]c4c3)n2)c(Cl)c1. The lowest BCUT2D eigenvalue weighted by molar-refractivity contribution is 1.02. The van der Waals surface area contributed by atoms with Gasteiger partial charge < -0.3 is 11.1 Å². The first-order chi connectivity index (χ1) is 12.6. The molecule has 0 saturated carbocycles. The molecule has 8 heteroatoms. The van der Waals surface area contributed by atoms with Crippen molar-refractivity contribution >= 4 is 34.4 Å². The number of anilines is 2. The van der Waals surface area contributed by atoms with Crippen molar-refractivity contribution in [3.63, 3.8) is 0 Å². The van der Waals surface area contributed by atoms with Gasteiger partial charge in [0, 0.05) is 22.5 Å². The Morgan fingerprint density at radius 3 is 2.85 bits per heavy atom. The van der Waals surface area contributed by atoms with E-state index < -0.39 is 0 Å². The topological polar surface area (TPSA) is 105 Å². The molecule has 0 bridgehead atoms. The molecule has 0 spiro atoms. The number of nitrogens with two attached hydrogens (primary N) is 1. The van der Waals surface area contributed by atoms with E-state index in [4.69, 9.17) is 17.3 Å². The molecule has 0 saturated heterocycles. The molecule has 2 aromatic heterocycles. The quantitative estimate of drug-likeness (QED) is 0.510. The van der Waals surface area contributed by atoms with Crippen LogP contribution in [0.25, 0.3) is 22.3 Å². The fourth-order valence-electron chi connectivity index (χ4n) is 2.65. The predicted octanol–water partition coefficient (Wildman–Crippen LogP) is 3.57. The van der Waals surface area contributed by atoms with Gasteiger partial charge in [0.2, 0.25) is 11.9 Å². The van der Waals surface area contributed by atoms with Crippen LogP contribution in [0.3, 0.4) is 0 Å². The van der Waals surface area contributed by atoms with Gasteiger partial charge in [-0.15, -0.1) is 0 Å². The van der Waals surface area contributed by atoms with Gasteiger partial charge in [-0.05, 0) is 30.2 Å². The van der Waals surface area contributed by atoms with E-state index in [0.29, 0.717) is 23.3 Å². The molecule has 0 aliphatic rings. The third-order valence-corrected chi connectivity index (χ3v) is 4.35. The summed E-state index contributed by atoms with van der Waals surface area (Å²) in [5.74, 6) is 1.04. The number of aromatic amines is 1. The Labute approximate surface area is 154 Å². The average molecular weight is 366 g/mol. The molecule has 130 valence electrons. The molecule has 26 heavy (non-hydrogen) atoms. The summed E-state index contributed by atoms with van der Waals surface area (Å²) in [6, 6.07) is 11.7. The molecule has 0 aliphatic carbocycles. The maximum atomic E-state index is 6.27. The molecule has 0 radical (unpaired) electrons. The highest BCUT2D eigenvalue weighted by atomic mass is 35.5. The van der Waals surface area contributed by atoms with Crippen LogP contribution in [-0.2, 0) is 6.54 Å². The van der Waals surface area contributed by atoms with E-state index in [1.165, 1.54) is 0 Å². The van der Waals surface area contributed by atoms with Crippen molar-refractivity contribution in [2.24, 2.45) is 0 Å². The zero-order valence-corrected chi connectivity index (χ0v) is 14.7. The Kier molecular flexibility index (Phi) is 4.14. The highest BCUT2D eigenvalue weighted by Crippen LogP contribution is 2.22. The van der Waals surface area contributed by atoms with Crippen LogP contribution in [-0.4, -0.2) is 25.1 Å². The fourth-order valence-corrected chi connectivity index (χ4v) is 2.95. The standard InChI is InChI=1S/C18H16ClN7/c1-10-2-3-12(14(19)6-10)8-21-18-24-16(23-17(20)25-18)11-4-5-13-9-22-26-15(13)7-11/h2-7,9H,8H2,1H3,(H,22,26)(H3,20,21,23,24,25). The highest BCUT2D eigenvalue weighted by molar-refractivity contribution is 6.31.